The zero-order valence-electron chi connectivity index (χ0n) is 13.6. The van der Waals surface area contributed by atoms with Crippen LogP contribution >= 0.6 is 0 Å². The van der Waals surface area contributed by atoms with Gasteiger partial charge in [-0.25, -0.2) is 5.01 Å². The van der Waals surface area contributed by atoms with Gasteiger partial charge in [0.2, 0.25) is 6.41 Å². The molecule has 1 amide bonds. The lowest BCUT2D eigenvalue weighted by Gasteiger charge is -2.29. The maximum atomic E-state index is 11.2. The zero-order chi connectivity index (χ0) is 15.2. The van der Waals surface area contributed by atoms with Crippen molar-refractivity contribution in [3.8, 4) is 0 Å². The number of carbonyl (C=O) groups excluding carboxylic acids is 1. The number of hydrogen-bond acceptors (Lipinski definition) is 2. The number of amides is 1. The highest BCUT2D eigenvalue weighted by Crippen LogP contribution is 2.32. The molecule has 1 rings (SSSR count). The van der Waals surface area contributed by atoms with E-state index in [0.717, 1.165) is 44.2 Å². The molecule has 0 aromatic carbocycles. The second-order valence-corrected chi connectivity index (χ2v) is 6.43. The van der Waals surface area contributed by atoms with Gasteiger partial charge in [-0.3, -0.25) is 4.79 Å². The second-order valence-electron chi connectivity index (χ2n) is 6.43. The third-order valence-corrected chi connectivity index (χ3v) is 3.71. The molecule has 0 unspecified atom stereocenters. The molecule has 1 heterocycles. The van der Waals surface area contributed by atoms with Crippen LogP contribution in [0.1, 0.15) is 66.7 Å². The summed E-state index contributed by atoms with van der Waals surface area (Å²) < 4.78 is 0. The van der Waals surface area contributed by atoms with Crippen molar-refractivity contribution in [1.82, 2.24) is 5.01 Å². The average Bonchev–Trinajstić information content (AvgIpc) is 2.65. The minimum Gasteiger partial charge on any atom is -0.277 e. The number of allylic oxidation sites excluding steroid dienone is 4. The van der Waals surface area contributed by atoms with Crippen molar-refractivity contribution in [2.75, 3.05) is 0 Å². The van der Waals surface area contributed by atoms with Gasteiger partial charge in [-0.1, -0.05) is 23.3 Å². The second kappa shape index (κ2) is 7.41. The Morgan fingerprint density at radius 3 is 2.35 bits per heavy atom. The topological polar surface area (TPSA) is 32.7 Å². The zero-order valence-corrected chi connectivity index (χ0v) is 13.6. The predicted molar refractivity (Wildman–Crippen MR) is 85.7 cm³/mol. The molecular weight excluding hydrogens is 248 g/mol. The van der Waals surface area contributed by atoms with Gasteiger partial charge in [-0.2, -0.15) is 5.10 Å². The van der Waals surface area contributed by atoms with Crippen LogP contribution in [0.5, 0.6) is 0 Å². The first-order valence-corrected chi connectivity index (χ1v) is 7.45. The Balaban J connectivity index is 2.60. The van der Waals surface area contributed by atoms with Gasteiger partial charge in [-0.05, 0) is 60.3 Å². The van der Waals surface area contributed by atoms with Crippen molar-refractivity contribution in [1.29, 1.82) is 0 Å². The van der Waals surface area contributed by atoms with E-state index in [1.165, 1.54) is 11.1 Å². The normalized spacial score (nSPS) is 21.4. The van der Waals surface area contributed by atoms with Crippen molar-refractivity contribution >= 4 is 12.1 Å². The molecule has 20 heavy (non-hydrogen) atoms. The van der Waals surface area contributed by atoms with Gasteiger partial charge in [0, 0.05) is 12.1 Å². The molecule has 1 aliphatic rings. The Morgan fingerprint density at radius 2 is 1.80 bits per heavy atom. The molecule has 0 aromatic heterocycles. The summed E-state index contributed by atoms with van der Waals surface area (Å²) in [6.45, 7) is 10.6. The molecule has 0 aromatic rings. The molecule has 0 saturated carbocycles. The summed E-state index contributed by atoms with van der Waals surface area (Å²) in [5, 5.41) is 6.11. The van der Waals surface area contributed by atoms with E-state index in [4.69, 9.17) is 0 Å². The van der Waals surface area contributed by atoms with Crippen molar-refractivity contribution in [2.45, 2.75) is 72.3 Å². The Labute approximate surface area is 123 Å². The molecule has 0 bridgehead atoms. The quantitative estimate of drug-likeness (QED) is 0.499. The van der Waals surface area contributed by atoms with Crippen molar-refractivity contribution in [2.24, 2.45) is 5.10 Å². The summed E-state index contributed by atoms with van der Waals surface area (Å²) in [4.78, 5) is 11.2. The Hall–Kier alpha value is -1.38. The van der Waals surface area contributed by atoms with Crippen LogP contribution in [0.4, 0.5) is 0 Å². The van der Waals surface area contributed by atoms with Crippen LogP contribution in [0, 0.1) is 0 Å². The number of hydrogen-bond donors (Lipinski definition) is 0. The van der Waals surface area contributed by atoms with Crippen LogP contribution in [0.25, 0.3) is 0 Å². The first-order valence-electron chi connectivity index (χ1n) is 7.45. The lowest BCUT2D eigenvalue weighted by atomic mass is 9.89. The molecular formula is C17H28N2O. The average molecular weight is 276 g/mol. The molecule has 3 nitrogen and oxygen atoms in total. The summed E-state index contributed by atoms with van der Waals surface area (Å²) >= 11 is 0. The number of nitrogens with zero attached hydrogens (tertiary/aromatic N) is 2. The van der Waals surface area contributed by atoms with E-state index in [2.05, 4.69) is 51.9 Å². The van der Waals surface area contributed by atoms with Crippen LogP contribution < -0.4 is 0 Å². The fraction of sp³-hybridized carbons (Fsp3) is 0.647. The minimum absolute atomic E-state index is 0.145. The van der Waals surface area contributed by atoms with E-state index in [-0.39, 0.29) is 5.54 Å². The summed E-state index contributed by atoms with van der Waals surface area (Å²) in [5.41, 5.74) is 3.67. The van der Waals surface area contributed by atoms with Gasteiger partial charge in [0.1, 0.15) is 0 Å². The Kier molecular flexibility index (Phi) is 6.18. The van der Waals surface area contributed by atoms with Crippen LogP contribution in [0.15, 0.2) is 28.4 Å². The molecule has 112 valence electrons. The maximum Gasteiger partial charge on any atom is 0.230 e. The summed E-state index contributed by atoms with van der Waals surface area (Å²) in [6.07, 6.45) is 10.2. The van der Waals surface area contributed by atoms with Crippen molar-refractivity contribution in [3.63, 3.8) is 0 Å². The standard InChI is InChI=1S/C17H28N2O/c1-14(2)8-6-10-16-12-17(5,19(13-20)18-16)11-7-9-15(3)4/h8-9,13H,6-7,10-12H2,1-5H3/t17-/m0/s1. The molecule has 3 heteroatoms. The van der Waals surface area contributed by atoms with Gasteiger partial charge >= 0.3 is 0 Å². The lowest BCUT2D eigenvalue weighted by molar-refractivity contribution is -0.122. The smallest absolute Gasteiger partial charge is 0.230 e. The highest BCUT2D eigenvalue weighted by molar-refractivity contribution is 5.88. The summed E-state index contributed by atoms with van der Waals surface area (Å²) in [5.74, 6) is 0. The van der Waals surface area contributed by atoms with Gasteiger partial charge in [0.25, 0.3) is 0 Å². The fourth-order valence-electron chi connectivity index (χ4n) is 2.52. The van der Waals surface area contributed by atoms with Gasteiger partial charge in [0.15, 0.2) is 0 Å². The third kappa shape index (κ3) is 4.95. The molecule has 0 N–H and O–H groups in total. The van der Waals surface area contributed by atoms with Crippen molar-refractivity contribution < 1.29 is 4.79 Å². The fourth-order valence-corrected chi connectivity index (χ4v) is 2.52. The van der Waals surface area contributed by atoms with Crippen LogP contribution in [-0.4, -0.2) is 22.7 Å². The van der Waals surface area contributed by atoms with Gasteiger partial charge in [-0.15, -0.1) is 0 Å². The lowest BCUT2D eigenvalue weighted by Crippen LogP contribution is -2.38. The van der Waals surface area contributed by atoms with E-state index in [9.17, 15) is 4.79 Å². The van der Waals surface area contributed by atoms with Gasteiger partial charge in [0.05, 0.1) is 5.54 Å². The first kappa shape index (κ1) is 16.7. The number of carbonyl (C=O) groups is 1. The molecule has 0 spiro atoms. The van der Waals surface area contributed by atoms with Crippen LogP contribution in [0.2, 0.25) is 0 Å². The molecule has 0 fully saturated rings. The number of rotatable bonds is 7. The molecule has 1 aliphatic heterocycles. The Bertz CT molecular complexity index is 426. The van der Waals surface area contributed by atoms with E-state index < -0.39 is 0 Å². The largest absolute Gasteiger partial charge is 0.277 e. The SMILES string of the molecule is CC(C)=CCCC1=NN(C=O)[C@@](C)(CCC=C(C)C)C1. The molecule has 0 radical (unpaired) electrons. The monoisotopic (exact) mass is 276 g/mol. The van der Waals surface area contributed by atoms with Crippen LogP contribution in [-0.2, 0) is 4.79 Å². The Morgan fingerprint density at radius 1 is 1.20 bits per heavy atom. The number of hydrazone groups is 1. The van der Waals surface area contributed by atoms with E-state index in [1.807, 2.05) is 0 Å². The molecule has 0 aliphatic carbocycles. The third-order valence-electron chi connectivity index (χ3n) is 3.71. The molecule has 0 saturated heterocycles. The summed E-state index contributed by atoms with van der Waals surface area (Å²) in [6, 6.07) is 0. The van der Waals surface area contributed by atoms with E-state index >= 15 is 0 Å². The first-order chi connectivity index (χ1) is 9.37. The predicted octanol–water partition coefficient (Wildman–Crippen LogP) is 4.46. The minimum atomic E-state index is -0.145. The van der Waals surface area contributed by atoms with E-state index in [1.54, 1.807) is 5.01 Å². The highest BCUT2D eigenvalue weighted by atomic mass is 16.1. The van der Waals surface area contributed by atoms with Crippen LogP contribution in [0.3, 0.4) is 0 Å². The van der Waals surface area contributed by atoms with Gasteiger partial charge < -0.3 is 0 Å². The molecule has 1 atom stereocenters. The van der Waals surface area contributed by atoms with E-state index in [0.29, 0.717) is 0 Å². The maximum absolute atomic E-state index is 11.2. The highest BCUT2D eigenvalue weighted by Gasteiger charge is 2.37. The summed E-state index contributed by atoms with van der Waals surface area (Å²) in [7, 11) is 0. The van der Waals surface area contributed by atoms with Crippen molar-refractivity contribution in [3.05, 3.63) is 23.3 Å².